The maximum atomic E-state index is 12.3. The molecule has 6 N–H and O–H groups in total. The quantitative estimate of drug-likeness (QED) is 0.372. The summed E-state index contributed by atoms with van der Waals surface area (Å²) in [6.45, 7) is 0. The molecule has 0 spiro atoms. The van der Waals surface area contributed by atoms with Crippen molar-refractivity contribution in [2.24, 2.45) is 5.73 Å². The average Bonchev–Trinajstić information content (AvgIpc) is 2.54. The van der Waals surface area contributed by atoms with Gasteiger partial charge in [-0.2, -0.15) is 0 Å². The van der Waals surface area contributed by atoms with Crippen molar-refractivity contribution in [3.8, 4) is 0 Å². The Kier molecular flexibility index (Phi) is 5.58. The van der Waals surface area contributed by atoms with Gasteiger partial charge in [-0.1, -0.05) is 6.07 Å². The minimum atomic E-state index is -3.93. The van der Waals surface area contributed by atoms with Crippen molar-refractivity contribution >= 4 is 39.0 Å². The second-order valence-corrected chi connectivity index (χ2v) is 7.24. The van der Waals surface area contributed by atoms with Gasteiger partial charge in [0.2, 0.25) is 0 Å². The Bertz CT molecular complexity index is 955. The number of guanidine groups is 1. The van der Waals surface area contributed by atoms with Crippen LogP contribution in [0.1, 0.15) is 10.4 Å². The Hall–Kier alpha value is -3.40. The first-order chi connectivity index (χ1) is 12.2. The molecule has 0 unspecified atom stereocenters. The predicted octanol–water partition coefficient (Wildman–Crippen LogP) is 1.10. The summed E-state index contributed by atoms with van der Waals surface area (Å²) in [4.78, 5) is 22.7. The van der Waals surface area contributed by atoms with Gasteiger partial charge in [0.25, 0.3) is 5.91 Å². The van der Waals surface area contributed by atoms with Crippen LogP contribution in [0, 0.1) is 5.41 Å². The molecule has 2 rings (SSSR count). The molecule has 9 nitrogen and oxygen atoms in total. The number of hydrogen-bond donors (Lipinski definition) is 5. The lowest BCUT2D eigenvalue weighted by atomic mass is 10.2. The van der Waals surface area contributed by atoms with E-state index in [0.29, 0.717) is 16.9 Å². The lowest BCUT2D eigenvalue weighted by Gasteiger charge is -2.09. The number of anilines is 2. The largest absolute Gasteiger partial charge is 0.480 e. The highest BCUT2D eigenvalue weighted by atomic mass is 32.2. The number of sulfone groups is 1. The number of carbonyl (C=O) groups excluding carboxylic acids is 1. The van der Waals surface area contributed by atoms with Gasteiger partial charge in [-0.15, -0.1) is 0 Å². The fourth-order valence-electron chi connectivity index (χ4n) is 2.09. The van der Waals surface area contributed by atoms with Gasteiger partial charge in [-0.25, -0.2) is 8.42 Å². The lowest BCUT2D eigenvalue weighted by molar-refractivity contribution is -0.134. The summed E-state index contributed by atoms with van der Waals surface area (Å²) >= 11 is 0. The van der Waals surface area contributed by atoms with E-state index in [1.807, 2.05) is 0 Å². The number of rotatable bonds is 6. The number of amides is 1. The van der Waals surface area contributed by atoms with E-state index >= 15 is 0 Å². The molecule has 0 aliphatic carbocycles. The molecular formula is C16H16N4O5S. The van der Waals surface area contributed by atoms with Crippen molar-refractivity contribution < 1.29 is 23.1 Å². The maximum Gasteiger partial charge on any atom is 0.319 e. The SMILES string of the molecule is N=C(N)Nc1cccc(C(=O)Nc2ccc(S(=O)(=O)CC(=O)O)cc2)c1. The number of aliphatic carboxylic acids is 1. The van der Waals surface area contributed by atoms with Crippen LogP contribution in [0.15, 0.2) is 53.4 Å². The number of carbonyl (C=O) groups is 2. The standard InChI is InChI=1S/C16H16N4O5S/c17-16(18)20-12-3-1-2-10(8-12)15(23)19-11-4-6-13(7-5-11)26(24,25)9-14(21)22/h1-8H,9H2,(H,19,23)(H,21,22)(H4,17,18,20). The summed E-state index contributed by atoms with van der Waals surface area (Å²) in [6.07, 6.45) is 0. The molecule has 2 aromatic rings. The minimum Gasteiger partial charge on any atom is -0.480 e. The van der Waals surface area contributed by atoms with Crippen LogP contribution in [0.5, 0.6) is 0 Å². The van der Waals surface area contributed by atoms with Crippen LogP contribution in [0.3, 0.4) is 0 Å². The number of benzene rings is 2. The van der Waals surface area contributed by atoms with Crippen molar-refractivity contribution in [2.75, 3.05) is 16.4 Å². The molecular weight excluding hydrogens is 360 g/mol. The van der Waals surface area contributed by atoms with Gasteiger partial charge < -0.3 is 21.5 Å². The molecule has 0 fully saturated rings. The topological polar surface area (TPSA) is 162 Å². The van der Waals surface area contributed by atoms with Gasteiger partial charge >= 0.3 is 5.97 Å². The van der Waals surface area contributed by atoms with Crippen LogP contribution in [0.25, 0.3) is 0 Å². The summed E-state index contributed by atoms with van der Waals surface area (Å²) in [7, 11) is -3.93. The van der Waals surface area contributed by atoms with Gasteiger partial charge in [-0.05, 0) is 42.5 Å². The molecule has 0 atom stereocenters. The molecule has 1 amide bonds. The maximum absolute atomic E-state index is 12.3. The Morgan fingerprint density at radius 1 is 1.04 bits per heavy atom. The molecule has 26 heavy (non-hydrogen) atoms. The van der Waals surface area contributed by atoms with Crippen LogP contribution in [-0.4, -0.2) is 37.1 Å². The molecule has 10 heteroatoms. The van der Waals surface area contributed by atoms with E-state index in [1.54, 1.807) is 18.2 Å². The Labute approximate surface area is 149 Å². The van der Waals surface area contributed by atoms with E-state index in [4.69, 9.17) is 16.2 Å². The third-order valence-corrected chi connectivity index (χ3v) is 4.81. The van der Waals surface area contributed by atoms with Gasteiger partial charge in [-0.3, -0.25) is 15.0 Å². The molecule has 0 saturated carbocycles. The summed E-state index contributed by atoms with van der Waals surface area (Å²) in [5.74, 6) is -3.16. The second-order valence-electron chi connectivity index (χ2n) is 5.25. The normalized spacial score (nSPS) is 10.8. The molecule has 0 aromatic heterocycles. The summed E-state index contributed by atoms with van der Waals surface area (Å²) in [6, 6.07) is 11.5. The van der Waals surface area contributed by atoms with Crippen LogP contribution < -0.4 is 16.4 Å². The van der Waals surface area contributed by atoms with Gasteiger partial charge in [0.05, 0.1) is 4.90 Å². The van der Waals surface area contributed by atoms with Crippen molar-refractivity contribution in [1.82, 2.24) is 0 Å². The van der Waals surface area contributed by atoms with Gasteiger partial charge in [0.1, 0.15) is 0 Å². The second kappa shape index (κ2) is 7.66. The highest BCUT2D eigenvalue weighted by Crippen LogP contribution is 2.17. The van der Waals surface area contributed by atoms with E-state index in [9.17, 15) is 18.0 Å². The number of nitrogens with two attached hydrogens (primary N) is 1. The van der Waals surface area contributed by atoms with E-state index < -0.39 is 27.5 Å². The molecule has 0 radical (unpaired) electrons. The Morgan fingerprint density at radius 3 is 2.27 bits per heavy atom. The first-order valence-electron chi connectivity index (χ1n) is 7.24. The number of hydrogen-bond acceptors (Lipinski definition) is 5. The van der Waals surface area contributed by atoms with Crippen molar-refractivity contribution in [3.05, 3.63) is 54.1 Å². The van der Waals surface area contributed by atoms with Gasteiger partial charge in [0.15, 0.2) is 21.5 Å². The minimum absolute atomic E-state index is 0.148. The third-order valence-electron chi connectivity index (χ3n) is 3.19. The summed E-state index contributed by atoms with van der Waals surface area (Å²) < 4.78 is 23.6. The Morgan fingerprint density at radius 2 is 1.69 bits per heavy atom. The van der Waals surface area contributed by atoms with Gasteiger partial charge in [0, 0.05) is 16.9 Å². The van der Waals surface area contributed by atoms with E-state index in [2.05, 4.69) is 10.6 Å². The predicted molar refractivity (Wildman–Crippen MR) is 96.1 cm³/mol. The molecule has 136 valence electrons. The monoisotopic (exact) mass is 376 g/mol. The van der Waals surface area contributed by atoms with Crippen LogP contribution in [0.2, 0.25) is 0 Å². The number of carboxylic acids is 1. The van der Waals surface area contributed by atoms with E-state index in [1.165, 1.54) is 30.3 Å². The summed E-state index contributed by atoms with van der Waals surface area (Å²) in [5.41, 5.74) is 6.36. The van der Waals surface area contributed by atoms with Crippen LogP contribution >= 0.6 is 0 Å². The van der Waals surface area contributed by atoms with Crippen molar-refractivity contribution in [1.29, 1.82) is 5.41 Å². The highest BCUT2D eigenvalue weighted by molar-refractivity contribution is 7.92. The van der Waals surface area contributed by atoms with E-state index in [0.717, 1.165) is 0 Å². The van der Waals surface area contributed by atoms with E-state index in [-0.39, 0.29) is 10.9 Å². The smallest absolute Gasteiger partial charge is 0.319 e. The number of carboxylic acid groups (broad SMARTS) is 1. The fourth-order valence-corrected chi connectivity index (χ4v) is 3.13. The molecule has 0 saturated heterocycles. The zero-order valence-electron chi connectivity index (χ0n) is 13.4. The fraction of sp³-hybridized carbons (Fsp3) is 0.0625. The van der Waals surface area contributed by atoms with Crippen molar-refractivity contribution in [3.63, 3.8) is 0 Å². The lowest BCUT2D eigenvalue weighted by Crippen LogP contribution is -2.21. The molecule has 0 aliphatic heterocycles. The molecule has 0 aliphatic rings. The highest BCUT2D eigenvalue weighted by Gasteiger charge is 2.18. The average molecular weight is 376 g/mol. The first-order valence-corrected chi connectivity index (χ1v) is 8.90. The van der Waals surface area contributed by atoms with Crippen LogP contribution in [-0.2, 0) is 14.6 Å². The number of nitrogens with one attached hydrogen (secondary N) is 3. The molecule has 0 heterocycles. The van der Waals surface area contributed by atoms with Crippen molar-refractivity contribution in [2.45, 2.75) is 4.90 Å². The molecule has 0 bridgehead atoms. The summed E-state index contributed by atoms with van der Waals surface area (Å²) in [5, 5.41) is 21.0. The Balaban J connectivity index is 2.13. The third kappa shape index (κ3) is 5.05. The molecule has 2 aromatic carbocycles. The first kappa shape index (κ1) is 18.9. The zero-order valence-corrected chi connectivity index (χ0v) is 14.2. The van der Waals surface area contributed by atoms with Crippen LogP contribution in [0.4, 0.5) is 11.4 Å². The zero-order chi connectivity index (χ0) is 19.3.